The van der Waals surface area contributed by atoms with Gasteiger partial charge >= 0.3 is 0 Å². The largest absolute Gasteiger partial charge is 0.495 e. The van der Waals surface area contributed by atoms with E-state index in [2.05, 4.69) is 10.3 Å². The highest BCUT2D eigenvalue weighted by molar-refractivity contribution is 6.32. The number of hydrogen-bond donors (Lipinski definition) is 1. The van der Waals surface area contributed by atoms with Crippen molar-refractivity contribution in [3.05, 3.63) is 98.6 Å². The molecule has 2 aromatic carbocycles. The van der Waals surface area contributed by atoms with Gasteiger partial charge in [-0.2, -0.15) is 0 Å². The Kier molecular flexibility index (Phi) is 6.47. The summed E-state index contributed by atoms with van der Waals surface area (Å²) in [6, 6.07) is 11.9. The van der Waals surface area contributed by atoms with Gasteiger partial charge < -0.3 is 14.6 Å². The standard InChI is InChI=1S/C26H22ClN3O4/c1-15-4-5-16(2)21(10-15)29-24(31)14-30-13-19(25(32)17-6-8-28-9-7-17)26(33)18-11-23(34-3)20(27)12-22(18)30/h4-13H,14H2,1-3H3,(H,29,31). The van der Waals surface area contributed by atoms with Gasteiger partial charge in [-0.1, -0.05) is 23.7 Å². The number of ketones is 1. The molecule has 8 heteroatoms. The molecule has 0 saturated carbocycles. The van der Waals surface area contributed by atoms with E-state index in [1.54, 1.807) is 10.6 Å². The summed E-state index contributed by atoms with van der Waals surface area (Å²) in [5.74, 6) is -0.481. The van der Waals surface area contributed by atoms with Gasteiger partial charge in [0, 0.05) is 29.8 Å². The summed E-state index contributed by atoms with van der Waals surface area (Å²) in [4.78, 5) is 43.3. The van der Waals surface area contributed by atoms with E-state index in [9.17, 15) is 14.4 Å². The first-order chi connectivity index (χ1) is 16.3. The van der Waals surface area contributed by atoms with Crippen LogP contribution in [-0.4, -0.2) is 28.4 Å². The van der Waals surface area contributed by atoms with E-state index >= 15 is 0 Å². The average Bonchev–Trinajstić information content (AvgIpc) is 2.83. The van der Waals surface area contributed by atoms with Gasteiger partial charge in [-0.25, -0.2) is 0 Å². The van der Waals surface area contributed by atoms with Crippen LogP contribution in [0.4, 0.5) is 5.69 Å². The number of nitrogens with one attached hydrogen (secondary N) is 1. The van der Waals surface area contributed by atoms with Crippen molar-refractivity contribution in [2.75, 3.05) is 12.4 Å². The lowest BCUT2D eigenvalue weighted by molar-refractivity contribution is -0.116. The molecule has 2 heterocycles. The number of carbonyl (C=O) groups is 2. The highest BCUT2D eigenvalue weighted by Gasteiger charge is 2.20. The Morgan fingerprint density at radius 3 is 2.53 bits per heavy atom. The van der Waals surface area contributed by atoms with Gasteiger partial charge in [0.25, 0.3) is 0 Å². The van der Waals surface area contributed by atoms with Crippen LogP contribution in [-0.2, 0) is 11.3 Å². The number of halogens is 1. The third-order valence-corrected chi connectivity index (χ3v) is 5.82. The fourth-order valence-electron chi connectivity index (χ4n) is 3.71. The summed E-state index contributed by atoms with van der Waals surface area (Å²) in [6.45, 7) is 3.71. The highest BCUT2D eigenvalue weighted by Crippen LogP contribution is 2.29. The molecule has 0 unspecified atom stereocenters. The topological polar surface area (TPSA) is 90.3 Å². The molecular weight excluding hydrogens is 454 g/mol. The molecule has 4 rings (SSSR count). The van der Waals surface area contributed by atoms with E-state index in [-0.39, 0.29) is 28.4 Å². The molecule has 172 valence electrons. The molecule has 0 radical (unpaired) electrons. The molecule has 0 aliphatic heterocycles. The average molecular weight is 476 g/mol. The van der Waals surface area contributed by atoms with E-state index in [0.29, 0.717) is 22.5 Å². The molecule has 0 fully saturated rings. The number of ether oxygens (including phenoxy) is 1. The molecule has 7 nitrogen and oxygen atoms in total. The number of hydrogen-bond acceptors (Lipinski definition) is 5. The Hall–Kier alpha value is -3.97. The first-order valence-electron chi connectivity index (χ1n) is 10.5. The van der Waals surface area contributed by atoms with E-state index in [1.807, 2.05) is 32.0 Å². The van der Waals surface area contributed by atoms with Crippen LogP contribution in [0.25, 0.3) is 10.9 Å². The SMILES string of the molecule is COc1cc2c(=O)c(C(=O)c3ccncc3)cn(CC(=O)Nc3cc(C)ccc3C)c2cc1Cl. The van der Waals surface area contributed by atoms with Gasteiger partial charge in [-0.3, -0.25) is 19.4 Å². The molecule has 2 aromatic heterocycles. The fraction of sp³-hybridized carbons (Fsp3) is 0.154. The predicted molar refractivity (Wildman–Crippen MR) is 132 cm³/mol. The number of methoxy groups -OCH3 is 1. The summed E-state index contributed by atoms with van der Waals surface area (Å²) in [6.07, 6.45) is 4.36. The lowest BCUT2D eigenvalue weighted by Crippen LogP contribution is -2.24. The second-order valence-electron chi connectivity index (χ2n) is 7.94. The number of anilines is 1. The molecule has 0 aliphatic carbocycles. The number of nitrogens with zero attached hydrogens (tertiary/aromatic N) is 2. The zero-order valence-electron chi connectivity index (χ0n) is 18.9. The van der Waals surface area contributed by atoms with Crippen molar-refractivity contribution in [3.63, 3.8) is 0 Å². The van der Waals surface area contributed by atoms with Crippen LogP contribution in [0.1, 0.15) is 27.0 Å². The maximum absolute atomic E-state index is 13.3. The number of pyridine rings is 2. The van der Waals surface area contributed by atoms with E-state index in [4.69, 9.17) is 16.3 Å². The third kappa shape index (κ3) is 4.56. The summed E-state index contributed by atoms with van der Waals surface area (Å²) in [7, 11) is 1.44. The maximum atomic E-state index is 13.3. The van der Waals surface area contributed by atoms with Crippen LogP contribution < -0.4 is 15.5 Å². The zero-order valence-corrected chi connectivity index (χ0v) is 19.6. The summed E-state index contributed by atoms with van der Waals surface area (Å²) in [5, 5.41) is 3.41. The molecule has 34 heavy (non-hydrogen) atoms. The molecule has 0 spiro atoms. The Balaban J connectivity index is 1.82. The predicted octanol–water partition coefficient (Wildman–Crippen LogP) is 4.55. The second kappa shape index (κ2) is 9.49. The Bertz CT molecular complexity index is 1480. The minimum atomic E-state index is -0.474. The smallest absolute Gasteiger partial charge is 0.244 e. The number of aryl methyl sites for hydroxylation is 2. The Morgan fingerprint density at radius 1 is 1.09 bits per heavy atom. The molecule has 0 atom stereocenters. The van der Waals surface area contributed by atoms with Crippen LogP contribution in [0.2, 0.25) is 5.02 Å². The molecule has 1 N–H and O–H groups in total. The third-order valence-electron chi connectivity index (χ3n) is 5.52. The van der Waals surface area contributed by atoms with Crippen molar-refractivity contribution in [1.82, 2.24) is 9.55 Å². The lowest BCUT2D eigenvalue weighted by atomic mass is 10.0. The summed E-state index contributed by atoms with van der Waals surface area (Å²) in [5.41, 5.74) is 2.82. The van der Waals surface area contributed by atoms with Crippen LogP contribution in [0, 0.1) is 13.8 Å². The van der Waals surface area contributed by atoms with E-state index in [0.717, 1.165) is 11.1 Å². The summed E-state index contributed by atoms with van der Waals surface area (Å²) >= 11 is 6.32. The van der Waals surface area contributed by atoms with Gasteiger partial charge in [-0.05, 0) is 55.3 Å². The molecule has 0 bridgehead atoms. The number of fused-ring (bicyclic) bond motifs is 1. The van der Waals surface area contributed by atoms with Crippen molar-refractivity contribution >= 4 is 39.9 Å². The minimum absolute atomic E-state index is 0.0670. The lowest BCUT2D eigenvalue weighted by Gasteiger charge is -2.16. The van der Waals surface area contributed by atoms with Crippen LogP contribution in [0.3, 0.4) is 0 Å². The zero-order chi connectivity index (χ0) is 24.4. The summed E-state index contributed by atoms with van der Waals surface area (Å²) < 4.78 is 6.82. The first kappa shape index (κ1) is 23.2. The maximum Gasteiger partial charge on any atom is 0.244 e. The number of amides is 1. The monoisotopic (exact) mass is 475 g/mol. The van der Waals surface area contributed by atoms with Gasteiger partial charge in [0.15, 0.2) is 5.78 Å². The van der Waals surface area contributed by atoms with Gasteiger partial charge in [-0.15, -0.1) is 0 Å². The van der Waals surface area contributed by atoms with Crippen molar-refractivity contribution in [1.29, 1.82) is 0 Å². The molecule has 1 amide bonds. The second-order valence-corrected chi connectivity index (χ2v) is 8.34. The quantitative estimate of drug-likeness (QED) is 0.413. The van der Waals surface area contributed by atoms with Crippen molar-refractivity contribution in [2.24, 2.45) is 0 Å². The number of aromatic nitrogens is 2. The number of benzene rings is 2. The first-order valence-corrected chi connectivity index (χ1v) is 10.9. The van der Waals surface area contributed by atoms with Crippen LogP contribution in [0.15, 0.2) is 65.8 Å². The van der Waals surface area contributed by atoms with Crippen LogP contribution >= 0.6 is 11.6 Å². The Labute approximate surface area is 201 Å². The van der Waals surface area contributed by atoms with Crippen molar-refractivity contribution < 1.29 is 14.3 Å². The van der Waals surface area contributed by atoms with Crippen LogP contribution in [0.5, 0.6) is 5.75 Å². The minimum Gasteiger partial charge on any atom is -0.495 e. The van der Waals surface area contributed by atoms with E-state index in [1.165, 1.54) is 43.9 Å². The number of rotatable bonds is 6. The normalized spacial score (nSPS) is 10.8. The van der Waals surface area contributed by atoms with Crippen molar-refractivity contribution in [3.8, 4) is 5.75 Å². The molecular formula is C26H22ClN3O4. The Morgan fingerprint density at radius 2 is 1.82 bits per heavy atom. The van der Waals surface area contributed by atoms with E-state index < -0.39 is 11.2 Å². The van der Waals surface area contributed by atoms with Crippen molar-refractivity contribution in [2.45, 2.75) is 20.4 Å². The molecule has 4 aromatic rings. The van der Waals surface area contributed by atoms with Gasteiger partial charge in [0.05, 0.1) is 28.6 Å². The highest BCUT2D eigenvalue weighted by atomic mass is 35.5. The fourth-order valence-corrected chi connectivity index (χ4v) is 3.95. The van der Waals surface area contributed by atoms with Gasteiger partial charge in [0.1, 0.15) is 12.3 Å². The molecule has 0 saturated heterocycles. The molecule has 0 aliphatic rings. The number of carbonyl (C=O) groups excluding carboxylic acids is 2. The van der Waals surface area contributed by atoms with Gasteiger partial charge in [0.2, 0.25) is 11.3 Å².